The number of ether oxygens (including phenoxy) is 2. The minimum absolute atomic E-state index is 0.0314. The van der Waals surface area contributed by atoms with Crippen LogP contribution in [0.25, 0.3) is 21.2 Å². The van der Waals surface area contributed by atoms with Crippen molar-refractivity contribution in [2.24, 2.45) is 0 Å². The van der Waals surface area contributed by atoms with Crippen LogP contribution in [-0.4, -0.2) is 25.1 Å². The van der Waals surface area contributed by atoms with Gasteiger partial charge in [0, 0.05) is 0 Å². The van der Waals surface area contributed by atoms with Gasteiger partial charge in [-0.05, 0) is 54.4 Å². The first-order chi connectivity index (χ1) is 17.0. The number of benzene rings is 3. The summed E-state index contributed by atoms with van der Waals surface area (Å²) in [4.78, 5) is 33.8. The molecular formula is C27H20N2O5S. The molecule has 3 heterocycles. The maximum atomic E-state index is 13.8. The fraction of sp³-hybridized carbons (Fsp3) is 0.148. The Kier molecular flexibility index (Phi) is 4.86. The molecular weight excluding hydrogens is 464 g/mol. The second-order valence-electron chi connectivity index (χ2n) is 8.33. The van der Waals surface area contributed by atoms with Crippen LogP contribution in [0.15, 0.2) is 69.9 Å². The Balaban J connectivity index is 1.63. The van der Waals surface area contributed by atoms with Gasteiger partial charge in [-0.2, -0.15) is 0 Å². The van der Waals surface area contributed by atoms with Crippen LogP contribution in [0.3, 0.4) is 0 Å². The van der Waals surface area contributed by atoms with Gasteiger partial charge in [-0.15, -0.1) is 0 Å². The van der Waals surface area contributed by atoms with Crippen LogP contribution in [0.1, 0.15) is 33.3 Å². The molecule has 0 fully saturated rings. The minimum atomic E-state index is -0.736. The lowest BCUT2D eigenvalue weighted by Gasteiger charge is -2.23. The van der Waals surface area contributed by atoms with Crippen LogP contribution < -0.4 is 19.8 Å². The fourth-order valence-electron chi connectivity index (χ4n) is 4.58. The summed E-state index contributed by atoms with van der Waals surface area (Å²) in [5.41, 5.74) is 2.99. The SMILES string of the molecule is COc1ccc([C@H]2c3c(oc4ccccc4c3=O)C(=O)N2c2nc3ccc(C)cc3s2)cc1OC. The van der Waals surface area contributed by atoms with Crippen LogP contribution in [0.5, 0.6) is 11.5 Å². The van der Waals surface area contributed by atoms with Crippen LogP contribution in [0, 0.1) is 6.92 Å². The zero-order valence-corrected chi connectivity index (χ0v) is 20.0. The van der Waals surface area contributed by atoms with Gasteiger partial charge in [-0.25, -0.2) is 4.98 Å². The number of rotatable bonds is 4. The van der Waals surface area contributed by atoms with Gasteiger partial charge < -0.3 is 13.9 Å². The molecule has 2 aromatic heterocycles. The van der Waals surface area contributed by atoms with Crippen molar-refractivity contribution in [2.75, 3.05) is 19.1 Å². The number of aryl methyl sites for hydroxylation is 1. The largest absolute Gasteiger partial charge is 0.493 e. The lowest BCUT2D eigenvalue weighted by atomic mass is 9.98. The highest BCUT2D eigenvalue weighted by Gasteiger charge is 2.45. The normalized spacial score (nSPS) is 15.1. The zero-order chi connectivity index (χ0) is 24.3. The number of nitrogens with zero attached hydrogens (tertiary/aromatic N) is 2. The van der Waals surface area contributed by atoms with Crippen molar-refractivity contribution in [2.45, 2.75) is 13.0 Å². The second kappa shape index (κ2) is 7.95. The van der Waals surface area contributed by atoms with Gasteiger partial charge in [0.15, 0.2) is 22.1 Å². The van der Waals surface area contributed by atoms with Gasteiger partial charge in [0.1, 0.15) is 5.58 Å². The molecule has 174 valence electrons. The number of carbonyl (C=O) groups is 1. The highest BCUT2D eigenvalue weighted by atomic mass is 32.1. The summed E-state index contributed by atoms with van der Waals surface area (Å²) in [6.07, 6.45) is 0. The third kappa shape index (κ3) is 3.21. The number of methoxy groups -OCH3 is 2. The molecule has 7 nitrogen and oxygen atoms in total. The zero-order valence-electron chi connectivity index (χ0n) is 19.2. The number of para-hydroxylation sites is 1. The molecule has 0 saturated carbocycles. The Labute approximate surface area is 204 Å². The molecule has 1 atom stereocenters. The Morgan fingerprint density at radius 3 is 2.57 bits per heavy atom. The van der Waals surface area contributed by atoms with E-state index in [-0.39, 0.29) is 16.8 Å². The molecule has 0 unspecified atom stereocenters. The fourth-order valence-corrected chi connectivity index (χ4v) is 5.67. The molecule has 5 aromatic rings. The van der Waals surface area contributed by atoms with E-state index in [1.54, 1.807) is 55.5 Å². The van der Waals surface area contributed by atoms with E-state index in [0.717, 1.165) is 15.8 Å². The van der Waals surface area contributed by atoms with Crippen LogP contribution >= 0.6 is 11.3 Å². The standard InChI is InChI=1S/C27H20N2O5S/c1-14-8-10-17-21(12-14)35-27(28-17)29-23(15-9-11-19(32-2)20(13-15)33-3)22-24(30)16-6-4-5-7-18(16)34-25(22)26(29)31/h4-13,23H,1-3H3/t23-/m0/s1. The van der Waals surface area contributed by atoms with Gasteiger partial charge in [-0.1, -0.05) is 35.6 Å². The van der Waals surface area contributed by atoms with E-state index >= 15 is 0 Å². The Morgan fingerprint density at radius 2 is 1.77 bits per heavy atom. The van der Waals surface area contributed by atoms with Crippen molar-refractivity contribution < 1.29 is 18.7 Å². The Morgan fingerprint density at radius 1 is 0.971 bits per heavy atom. The second-order valence-corrected chi connectivity index (χ2v) is 9.34. The highest BCUT2D eigenvalue weighted by Crippen LogP contribution is 2.45. The van der Waals surface area contributed by atoms with Gasteiger partial charge >= 0.3 is 0 Å². The van der Waals surface area contributed by atoms with Crippen molar-refractivity contribution >= 4 is 43.6 Å². The predicted octanol–water partition coefficient (Wildman–Crippen LogP) is 5.48. The van der Waals surface area contributed by atoms with Crippen molar-refractivity contribution in [1.29, 1.82) is 0 Å². The third-order valence-corrected chi connectivity index (χ3v) is 7.26. The monoisotopic (exact) mass is 484 g/mol. The molecule has 0 radical (unpaired) electrons. The average Bonchev–Trinajstić information content (AvgIpc) is 3.42. The molecule has 0 saturated heterocycles. The number of hydrogen-bond acceptors (Lipinski definition) is 7. The van der Waals surface area contributed by atoms with E-state index in [1.807, 2.05) is 31.2 Å². The van der Waals surface area contributed by atoms with Gasteiger partial charge in [0.25, 0.3) is 5.91 Å². The summed E-state index contributed by atoms with van der Waals surface area (Å²) in [5.74, 6) is 0.673. The number of hydrogen-bond donors (Lipinski definition) is 0. The van der Waals surface area contributed by atoms with Crippen molar-refractivity contribution in [3.8, 4) is 11.5 Å². The number of anilines is 1. The first-order valence-electron chi connectivity index (χ1n) is 11.0. The molecule has 35 heavy (non-hydrogen) atoms. The minimum Gasteiger partial charge on any atom is -0.493 e. The maximum absolute atomic E-state index is 13.8. The van der Waals surface area contributed by atoms with Crippen LogP contribution in [0.4, 0.5) is 5.13 Å². The topological polar surface area (TPSA) is 81.9 Å². The quantitative estimate of drug-likeness (QED) is 0.336. The first kappa shape index (κ1) is 21.4. The Bertz CT molecular complexity index is 1700. The van der Waals surface area contributed by atoms with E-state index in [1.165, 1.54) is 11.3 Å². The van der Waals surface area contributed by atoms with E-state index in [2.05, 4.69) is 0 Å². The number of carbonyl (C=O) groups excluding carboxylic acids is 1. The van der Waals surface area contributed by atoms with Crippen molar-refractivity contribution in [1.82, 2.24) is 4.98 Å². The highest BCUT2D eigenvalue weighted by molar-refractivity contribution is 7.22. The molecule has 0 spiro atoms. The van der Waals surface area contributed by atoms with Crippen molar-refractivity contribution in [3.05, 3.63) is 93.3 Å². The number of aromatic nitrogens is 1. The summed E-state index contributed by atoms with van der Waals surface area (Å²) in [6, 6.07) is 17.5. The maximum Gasteiger partial charge on any atom is 0.297 e. The average molecular weight is 485 g/mol. The van der Waals surface area contributed by atoms with E-state index in [4.69, 9.17) is 18.9 Å². The summed E-state index contributed by atoms with van der Waals surface area (Å²) in [5, 5.41) is 0.913. The van der Waals surface area contributed by atoms with E-state index in [0.29, 0.717) is 33.2 Å². The molecule has 3 aromatic carbocycles. The number of amides is 1. The lowest BCUT2D eigenvalue weighted by molar-refractivity contribution is 0.0971. The smallest absolute Gasteiger partial charge is 0.297 e. The van der Waals surface area contributed by atoms with E-state index in [9.17, 15) is 9.59 Å². The summed E-state index contributed by atoms with van der Waals surface area (Å²) in [6.45, 7) is 2.01. The molecule has 1 aliphatic heterocycles. The molecule has 0 N–H and O–H groups in total. The van der Waals surface area contributed by atoms with Gasteiger partial charge in [0.05, 0.1) is 41.4 Å². The molecule has 0 aliphatic carbocycles. The molecule has 6 rings (SSSR count). The summed E-state index contributed by atoms with van der Waals surface area (Å²) >= 11 is 1.40. The first-order valence-corrected chi connectivity index (χ1v) is 11.8. The summed E-state index contributed by atoms with van der Waals surface area (Å²) < 4.78 is 17.9. The van der Waals surface area contributed by atoms with Crippen molar-refractivity contribution in [3.63, 3.8) is 0 Å². The van der Waals surface area contributed by atoms with Crippen LogP contribution in [-0.2, 0) is 0 Å². The van der Waals surface area contributed by atoms with E-state index < -0.39 is 11.9 Å². The predicted molar refractivity (Wildman–Crippen MR) is 135 cm³/mol. The molecule has 8 heteroatoms. The summed E-state index contributed by atoms with van der Waals surface area (Å²) in [7, 11) is 3.10. The molecule has 1 aliphatic rings. The number of thiazole rings is 1. The molecule has 1 amide bonds. The molecule has 0 bridgehead atoms. The third-order valence-electron chi connectivity index (χ3n) is 6.24. The Hall–Kier alpha value is -4.17. The number of fused-ring (bicyclic) bond motifs is 3. The van der Waals surface area contributed by atoms with Gasteiger partial charge in [0.2, 0.25) is 5.76 Å². The van der Waals surface area contributed by atoms with Crippen LogP contribution in [0.2, 0.25) is 0 Å². The lowest BCUT2D eigenvalue weighted by Crippen LogP contribution is -2.29. The van der Waals surface area contributed by atoms with Gasteiger partial charge in [-0.3, -0.25) is 14.5 Å².